The van der Waals surface area contributed by atoms with Crippen molar-refractivity contribution >= 4 is 26.4 Å². The predicted molar refractivity (Wildman–Crippen MR) is 99.6 cm³/mol. The summed E-state index contributed by atoms with van der Waals surface area (Å²) in [6.07, 6.45) is 13.3. The number of rotatable bonds is 17. The van der Waals surface area contributed by atoms with Crippen molar-refractivity contribution < 1.29 is 47.8 Å². The van der Waals surface area contributed by atoms with Crippen LogP contribution in [0.1, 0.15) is 92.3 Å². The minimum atomic E-state index is -3.83. The van der Waals surface area contributed by atoms with Crippen LogP contribution in [0.4, 0.5) is 0 Å². The molecule has 0 saturated carbocycles. The van der Waals surface area contributed by atoms with Crippen LogP contribution in [0, 0.1) is 0 Å². The van der Waals surface area contributed by atoms with Gasteiger partial charge in [0.15, 0.2) is 0 Å². The number of unbranched alkanes of at least 4 members (excludes halogenated alkanes) is 8. The van der Waals surface area contributed by atoms with Crippen LogP contribution in [-0.2, 0) is 18.8 Å². The van der Waals surface area contributed by atoms with Gasteiger partial charge in [-0.05, 0) is 0 Å². The molecule has 1 atom stereocenters. The molecule has 0 fully saturated rings. The van der Waals surface area contributed by atoms with Gasteiger partial charge in [0.2, 0.25) is 0 Å². The Hall–Kier alpha value is 1.39. The van der Waals surface area contributed by atoms with Crippen molar-refractivity contribution in [3.63, 3.8) is 0 Å². The topological polar surface area (TPSA) is 52.6 Å². The van der Waals surface area contributed by atoms with Crippen LogP contribution in [0.5, 0.6) is 0 Å². The maximum atomic E-state index is 11.7. The fourth-order valence-electron chi connectivity index (χ4n) is 2.42. The van der Waals surface area contributed by atoms with E-state index in [0.717, 1.165) is 24.6 Å². The first-order valence-electron chi connectivity index (χ1n) is 9.24. The summed E-state index contributed by atoms with van der Waals surface area (Å²) in [6.45, 7) is 4.39. The molecule has 0 aliphatic rings. The molecule has 0 aromatic heterocycles. The number of hydrogen-bond acceptors (Lipinski definition) is 4. The van der Waals surface area contributed by atoms with Crippen LogP contribution in [0.2, 0.25) is 5.32 Å². The molecule has 7 heteroatoms. The molecular weight excluding hydrogens is 402 g/mol. The Morgan fingerprint density at radius 3 is 1.96 bits per heavy atom. The van der Waals surface area contributed by atoms with E-state index in [0.29, 0.717) is 12.8 Å². The molecule has 0 aromatic carbocycles. The Labute approximate surface area is 182 Å². The van der Waals surface area contributed by atoms with Crippen molar-refractivity contribution in [2.24, 2.45) is 0 Å². The third-order valence-corrected chi connectivity index (χ3v) is 5.50. The maximum absolute atomic E-state index is 11.7. The van der Waals surface area contributed by atoms with E-state index < -0.39 is 10.4 Å². The van der Waals surface area contributed by atoms with Gasteiger partial charge in [0.05, 0.1) is 0 Å². The molecule has 0 bridgehead atoms. The van der Waals surface area contributed by atoms with E-state index in [2.05, 4.69) is 22.9 Å². The number of hydrogen-bond donors (Lipinski definition) is 0. The Morgan fingerprint density at radius 1 is 0.917 bits per heavy atom. The minimum Gasteiger partial charge on any atom is -1.00 e. The second-order valence-electron chi connectivity index (χ2n) is 6.05. The fraction of sp³-hybridized carbons (Fsp3) is 1.00. The van der Waals surface area contributed by atoms with E-state index in [1.54, 1.807) is 0 Å². The van der Waals surface area contributed by atoms with Crippen molar-refractivity contribution in [2.45, 2.75) is 102 Å². The van der Waals surface area contributed by atoms with Crippen LogP contribution in [0.25, 0.3) is 0 Å². The summed E-state index contributed by atoms with van der Waals surface area (Å²) < 4.78 is 33.4. The molecule has 0 saturated heterocycles. The van der Waals surface area contributed by atoms with Gasteiger partial charge in [-0.3, -0.25) is 0 Å². The normalized spacial score (nSPS) is 12.8. The van der Waals surface area contributed by atoms with Crippen LogP contribution in [-0.4, -0.2) is 37.1 Å². The minimum absolute atomic E-state index is 0. The molecule has 1 unspecified atom stereocenters. The summed E-state index contributed by atoms with van der Waals surface area (Å²) in [6, 6.07) is 0. The first-order chi connectivity index (χ1) is 11.1. The quantitative estimate of drug-likeness (QED) is 0.256. The van der Waals surface area contributed by atoms with Crippen LogP contribution >= 0.6 is 0 Å². The van der Waals surface area contributed by atoms with Crippen molar-refractivity contribution in [3.05, 3.63) is 0 Å². The molecule has 0 aliphatic carbocycles. The van der Waals surface area contributed by atoms with Crippen molar-refractivity contribution in [3.8, 4) is 0 Å². The standard InChI is InChI=1S/C17H36O4SSe.Na.H/c1-3-5-6-7-8-9-10-11-12-14-17(4-2)21-22(18,19)20-15-13-16-23;;/h17,23H,3-16H2,1-2H3;;/q;+1;-1. The van der Waals surface area contributed by atoms with E-state index in [1.165, 1.54) is 44.9 Å². The molecule has 4 nitrogen and oxygen atoms in total. The molecule has 24 heavy (non-hydrogen) atoms. The molecule has 0 rings (SSSR count). The van der Waals surface area contributed by atoms with Crippen LogP contribution in [0.15, 0.2) is 0 Å². The third kappa shape index (κ3) is 18.2. The zero-order valence-corrected chi connectivity index (χ0v) is 20.7. The molecule has 0 radical (unpaired) electrons. The van der Waals surface area contributed by atoms with Crippen LogP contribution in [0.3, 0.4) is 0 Å². The van der Waals surface area contributed by atoms with Crippen molar-refractivity contribution in [1.82, 2.24) is 0 Å². The zero-order chi connectivity index (χ0) is 17.4. The molecule has 0 aliphatic heterocycles. The molecule has 0 aromatic rings. The van der Waals surface area contributed by atoms with Crippen LogP contribution < -0.4 is 29.6 Å². The molecular formula is C17H37NaO4SSe. The molecule has 0 heterocycles. The van der Waals surface area contributed by atoms with Gasteiger partial charge >= 0.3 is 143 Å². The van der Waals surface area contributed by atoms with Gasteiger partial charge in [-0.1, -0.05) is 39.0 Å². The second kappa shape index (κ2) is 19.2. The van der Waals surface area contributed by atoms with Gasteiger partial charge in [0.25, 0.3) is 0 Å². The zero-order valence-electron chi connectivity index (χ0n) is 17.0. The molecule has 142 valence electrons. The summed E-state index contributed by atoms with van der Waals surface area (Å²) in [5.74, 6) is 0. The Morgan fingerprint density at radius 2 is 1.46 bits per heavy atom. The first kappa shape index (κ1) is 27.6. The van der Waals surface area contributed by atoms with Gasteiger partial charge in [0.1, 0.15) is 0 Å². The SMILES string of the molecule is CCCCCCCCCCCC(CC)OS(=O)(=O)OCCC[SeH].[H-].[Na+]. The molecule has 0 spiro atoms. The Bertz CT molecular complexity index is 359. The van der Waals surface area contributed by atoms with Gasteiger partial charge < -0.3 is 1.43 Å². The van der Waals surface area contributed by atoms with E-state index in [9.17, 15) is 8.42 Å². The maximum Gasteiger partial charge on any atom is 1.00 e. The second-order valence-corrected chi connectivity index (χ2v) is 8.23. The van der Waals surface area contributed by atoms with Gasteiger partial charge in [-0.25, -0.2) is 0 Å². The average Bonchev–Trinajstić information content (AvgIpc) is 2.52. The molecule has 0 amide bonds. The smallest absolute Gasteiger partial charge is 1.00 e. The Kier molecular flexibility index (Phi) is 22.0. The Balaban J connectivity index is -0.00000242. The largest absolute Gasteiger partial charge is 1.00 e. The van der Waals surface area contributed by atoms with E-state index in [4.69, 9.17) is 8.37 Å². The average molecular weight is 439 g/mol. The predicted octanol–water partition coefficient (Wildman–Crippen LogP) is 1.79. The molecule has 0 N–H and O–H groups in total. The first-order valence-corrected chi connectivity index (χ1v) is 11.9. The summed E-state index contributed by atoms with van der Waals surface area (Å²) in [4.78, 5) is 0. The van der Waals surface area contributed by atoms with Gasteiger partial charge in [-0.2, -0.15) is 0 Å². The van der Waals surface area contributed by atoms with E-state index in [-0.39, 0.29) is 43.7 Å². The monoisotopic (exact) mass is 440 g/mol. The van der Waals surface area contributed by atoms with Gasteiger partial charge in [0, 0.05) is 0 Å². The summed E-state index contributed by atoms with van der Waals surface area (Å²) in [5, 5.41) is 0.845. The summed E-state index contributed by atoms with van der Waals surface area (Å²) in [7, 11) is -3.83. The van der Waals surface area contributed by atoms with Crippen molar-refractivity contribution in [2.75, 3.05) is 6.61 Å². The summed E-state index contributed by atoms with van der Waals surface area (Å²) >= 11 is 2.41. The summed E-state index contributed by atoms with van der Waals surface area (Å²) in [5.41, 5.74) is 0. The fourth-order valence-corrected chi connectivity index (χ4v) is 3.64. The van der Waals surface area contributed by atoms with E-state index >= 15 is 0 Å². The van der Waals surface area contributed by atoms with E-state index in [1.807, 2.05) is 6.92 Å². The third-order valence-electron chi connectivity index (χ3n) is 3.87. The van der Waals surface area contributed by atoms with Crippen molar-refractivity contribution in [1.29, 1.82) is 0 Å². The van der Waals surface area contributed by atoms with Gasteiger partial charge in [-0.15, -0.1) is 0 Å².